The molecule has 0 saturated carbocycles. The van der Waals surface area contributed by atoms with Crippen LogP contribution < -0.4 is 4.74 Å². The van der Waals surface area contributed by atoms with Crippen molar-refractivity contribution in [2.24, 2.45) is 0 Å². The van der Waals surface area contributed by atoms with Crippen LogP contribution >= 0.6 is 11.6 Å². The second kappa shape index (κ2) is 5.59. The smallest absolute Gasteiger partial charge is 0.225 e. The van der Waals surface area contributed by atoms with E-state index in [1.807, 2.05) is 26.0 Å². The molecule has 3 nitrogen and oxygen atoms in total. The zero-order valence-corrected chi connectivity index (χ0v) is 11.9. The molecular formula is C15H16ClNO2. The molecule has 1 atom stereocenters. The van der Waals surface area contributed by atoms with Crippen molar-refractivity contribution in [2.75, 3.05) is 0 Å². The fourth-order valence-corrected chi connectivity index (χ4v) is 2.29. The topological polar surface area (TPSA) is 42.4 Å². The lowest BCUT2D eigenvalue weighted by Gasteiger charge is -2.15. The van der Waals surface area contributed by atoms with Gasteiger partial charge in [0.05, 0.1) is 6.10 Å². The second-order valence-corrected chi connectivity index (χ2v) is 4.98. The monoisotopic (exact) mass is 277 g/mol. The van der Waals surface area contributed by atoms with Gasteiger partial charge in [-0.25, -0.2) is 4.98 Å². The Morgan fingerprint density at radius 3 is 2.47 bits per heavy atom. The van der Waals surface area contributed by atoms with Crippen molar-refractivity contribution < 1.29 is 9.84 Å². The van der Waals surface area contributed by atoms with Gasteiger partial charge in [-0.15, -0.1) is 0 Å². The van der Waals surface area contributed by atoms with Gasteiger partial charge < -0.3 is 9.84 Å². The number of hydrogen-bond acceptors (Lipinski definition) is 3. The normalized spacial score (nSPS) is 12.3. The minimum absolute atomic E-state index is 0.422. The number of aliphatic hydroxyl groups is 1. The Kier molecular flexibility index (Phi) is 4.08. The maximum absolute atomic E-state index is 9.72. The Hall–Kier alpha value is -1.58. The number of nitrogens with zero attached hydrogens (tertiary/aromatic N) is 1. The number of rotatable bonds is 3. The fraction of sp³-hybridized carbons (Fsp3) is 0.267. The standard InChI is InChI=1S/C15H16ClNO2/c1-9-7-12(16)8-10(2)14(9)19-15-13(11(3)18)5-4-6-17-15/h4-8,11,18H,1-3H3. The van der Waals surface area contributed by atoms with Crippen LogP contribution in [0.4, 0.5) is 0 Å². The number of pyridine rings is 1. The number of aromatic nitrogens is 1. The summed E-state index contributed by atoms with van der Waals surface area (Å²) in [6, 6.07) is 7.26. The third kappa shape index (κ3) is 3.06. The number of aryl methyl sites for hydroxylation is 2. The van der Waals surface area contributed by atoms with Gasteiger partial charge in [0.15, 0.2) is 0 Å². The molecule has 1 N–H and O–H groups in total. The number of benzene rings is 1. The lowest BCUT2D eigenvalue weighted by molar-refractivity contribution is 0.194. The molecule has 1 heterocycles. The van der Waals surface area contributed by atoms with E-state index in [1.165, 1.54) is 0 Å². The van der Waals surface area contributed by atoms with E-state index in [-0.39, 0.29) is 0 Å². The van der Waals surface area contributed by atoms with E-state index >= 15 is 0 Å². The van der Waals surface area contributed by atoms with Crippen LogP contribution in [0.2, 0.25) is 5.02 Å². The molecule has 0 spiro atoms. The molecule has 0 fully saturated rings. The Morgan fingerprint density at radius 2 is 1.89 bits per heavy atom. The Labute approximate surface area is 117 Å². The van der Waals surface area contributed by atoms with Crippen LogP contribution in [0.3, 0.4) is 0 Å². The van der Waals surface area contributed by atoms with E-state index in [1.54, 1.807) is 25.3 Å². The second-order valence-electron chi connectivity index (χ2n) is 4.54. The van der Waals surface area contributed by atoms with Crippen LogP contribution in [-0.2, 0) is 0 Å². The summed E-state index contributed by atoms with van der Waals surface area (Å²) in [5.74, 6) is 1.15. The molecule has 1 aromatic heterocycles. The van der Waals surface area contributed by atoms with Crippen molar-refractivity contribution >= 4 is 11.6 Å². The van der Waals surface area contributed by atoms with Crippen LogP contribution in [0, 0.1) is 13.8 Å². The summed E-state index contributed by atoms with van der Waals surface area (Å²) in [6.07, 6.45) is 1.01. The summed E-state index contributed by atoms with van der Waals surface area (Å²) in [5, 5.41) is 10.4. The van der Waals surface area contributed by atoms with Crippen molar-refractivity contribution in [1.29, 1.82) is 0 Å². The minimum atomic E-state index is -0.628. The van der Waals surface area contributed by atoms with Gasteiger partial charge in [0.1, 0.15) is 5.75 Å². The first-order valence-corrected chi connectivity index (χ1v) is 6.44. The molecule has 0 saturated heterocycles. The van der Waals surface area contributed by atoms with E-state index in [4.69, 9.17) is 16.3 Å². The molecule has 0 aliphatic heterocycles. The van der Waals surface area contributed by atoms with Crippen LogP contribution in [-0.4, -0.2) is 10.1 Å². The Balaban J connectivity index is 2.42. The van der Waals surface area contributed by atoms with Crippen molar-refractivity contribution in [3.8, 4) is 11.6 Å². The zero-order valence-electron chi connectivity index (χ0n) is 11.1. The summed E-state index contributed by atoms with van der Waals surface area (Å²) in [5.41, 5.74) is 2.54. The molecule has 1 aromatic carbocycles. The summed E-state index contributed by atoms with van der Waals surface area (Å²) in [6.45, 7) is 5.55. The van der Waals surface area contributed by atoms with Gasteiger partial charge in [-0.3, -0.25) is 0 Å². The summed E-state index contributed by atoms with van der Waals surface area (Å²) >= 11 is 6.00. The molecule has 0 aliphatic carbocycles. The third-order valence-electron chi connectivity index (χ3n) is 2.87. The van der Waals surface area contributed by atoms with Gasteiger partial charge in [0.2, 0.25) is 5.88 Å². The van der Waals surface area contributed by atoms with Crippen LogP contribution in [0.25, 0.3) is 0 Å². The molecule has 0 bridgehead atoms. The number of halogens is 1. The van der Waals surface area contributed by atoms with Gasteiger partial charge in [0, 0.05) is 16.8 Å². The fourth-order valence-electron chi connectivity index (χ4n) is 1.96. The lowest BCUT2D eigenvalue weighted by Crippen LogP contribution is -2.00. The van der Waals surface area contributed by atoms with Crippen molar-refractivity contribution in [3.05, 3.63) is 52.2 Å². The van der Waals surface area contributed by atoms with E-state index in [2.05, 4.69) is 4.98 Å². The van der Waals surface area contributed by atoms with Crippen molar-refractivity contribution in [1.82, 2.24) is 4.98 Å². The third-order valence-corrected chi connectivity index (χ3v) is 3.09. The van der Waals surface area contributed by atoms with Crippen LogP contribution in [0.5, 0.6) is 11.6 Å². The highest BCUT2D eigenvalue weighted by Gasteiger charge is 2.13. The number of ether oxygens (including phenoxy) is 1. The molecular weight excluding hydrogens is 262 g/mol. The molecule has 0 radical (unpaired) electrons. The summed E-state index contributed by atoms with van der Waals surface area (Å²) in [7, 11) is 0. The highest BCUT2D eigenvalue weighted by atomic mass is 35.5. The average molecular weight is 278 g/mol. The van der Waals surface area contributed by atoms with E-state index < -0.39 is 6.10 Å². The van der Waals surface area contributed by atoms with Crippen molar-refractivity contribution in [2.45, 2.75) is 26.9 Å². The van der Waals surface area contributed by atoms with Gasteiger partial charge in [-0.1, -0.05) is 11.6 Å². The molecule has 0 amide bonds. The molecule has 4 heteroatoms. The highest BCUT2D eigenvalue weighted by Crippen LogP contribution is 2.33. The molecule has 100 valence electrons. The molecule has 1 unspecified atom stereocenters. The molecule has 2 aromatic rings. The number of hydrogen-bond donors (Lipinski definition) is 1. The first-order chi connectivity index (χ1) is 8.99. The molecule has 19 heavy (non-hydrogen) atoms. The molecule has 2 rings (SSSR count). The van der Waals surface area contributed by atoms with Gasteiger partial charge >= 0.3 is 0 Å². The first kappa shape index (κ1) is 13.8. The van der Waals surface area contributed by atoms with E-state index in [0.717, 1.165) is 16.9 Å². The maximum Gasteiger partial charge on any atom is 0.225 e. The largest absolute Gasteiger partial charge is 0.438 e. The highest BCUT2D eigenvalue weighted by molar-refractivity contribution is 6.30. The number of aliphatic hydroxyl groups excluding tert-OH is 1. The Bertz CT molecular complexity index is 573. The van der Waals surface area contributed by atoms with Gasteiger partial charge in [-0.2, -0.15) is 0 Å². The quantitative estimate of drug-likeness (QED) is 0.914. The minimum Gasteiger partial charge on any atom is -0.438 e. The summed E-state index contributed by atoms with van der Waals surface area (Å²) in [4.78, 5) is 4.18. The summed E-state index contributed by atoms with van der Waals surface area (Å²) < 4.78 is 5.86. The first-order valence-electron chi connectivity index (χ1n) is 6.06. The average Bonchev–Trinajstić information content (AvgIpc) is 2.34. The Morgan fingerprint density at radius 1 is 1.26 bits per heavy atom. The SMILES string of the molecule is Cc1cc(Cl)cc(C)c1Oc1ncccc1C(C)O. The maximum atomic E-state index is 9.72. The van der Waals surface area contributed by atoms with E-state index in [0.29, 0.717) is 16.5 Å². The zero-order chi connectivity index (χ0) is 14.0. The van der Waals surface area contributed by atoms with Crippen molar-refractivity contribution in [3.63, 3.8) is 0 Å². The predicted octanol–water partition coefficient (Wildman–Crippen LogP) is 4.20. The van der Waals surface area contributed by atoms with Gasteiger partial charge in [-0.05, 0) is 56.2 Å². The van der Waals surface area contributed by atoms with E-state index in [9.17, 15) is 5.11 Å². The van der Waals surface area contributed by atoms with Crippen LogP contribution in [0.1, 0.15) is 29.7 Å². The molecule has 0 aliphatic rings. The van der Waals surface area contributed by atoms with Crippen LogP contribution in [0.15, 0.2) is 30.5 Å². The van der Waals surface area contributed by atoms with Gasteiger partial charge in [0.25, 0.3) is 0 Å². The predicted molar refractivity (Wildman–Crippen MR) is 75.9 cm³/mol. The lowest BCUT2D eigenvalue weighted by atomic mass is 10.1.